The van der Waals surface area contributed by atoms with Gasteiger partial charge in [-0.1, -0.05) is 12.1 Å². The number of hydrogen-bond donors (Lipinski definition) is 1. The predicted molar refractivity (Wildman–Crippen MR) is 92.0 cm³/mol. The average Bonchev–Trinajstić information content (AvgIpc) is 2.83. The van der Waals surface area contributed by atoms with Crippen molar-refractivity contribution in [1.82, 2.24) is 9.78 Å². The summed E-state index contributed by atoms with van der Waals surface area (Å²) in [5.74, 6) is -0.135. The Bertz CT molecular complexity index is 818. The van der Waals surface area contributed by atoms with Crippen molar-refractivity contribution in [2.45, 2.75) is 39.7 Å². The van der Waals surface area contributed by atoms with Crippen LogP contribution >= 0.6 is 0 Å². The summed E-state index contributed by atoms with van der Waals surface area (Å²) in [5, 5.41) is 26.5. The lowest BCUT2D eigenvalue weighted by atomic mass is 10.1. The average molecular weight is 341 g/mol. The number of hydrogen-bond acceptors (Lipinski definition) is 5. The fourth-order valence-corrected chi connectivity index (χ4v) is 2.58. The molecule has 1 N–H and O–H groups in total. The number of benzene rings is 1. The minimum absolute atomic E-state index is 0.0295. The van der Waals surface area contributed by atoms with Gasteiger partial charge in [-0.25, -0.2) is 0 Å². The first-order chi connectivity index (χ1) is 11.9. The molecule has 2 aromatic rings. The minimum Gasteiger partial charge on any atom is -0.326 e. The van der Waals surface area contributed by atoms with Crippen LogP contribution in [0.1, 0.15) is 29.8 Å². The maximum atomic E-state index is 12.0. The lowest BCUT2D eigenvalue weighted by Crippen LogP contribution is -2.13. The molecule has 0 saturated heterocycles. The first-order valence-corrected chi connectivity index (χ1v) is 7.86. The molecule has 0 spiro atoms. The zero-order valence-corrected chi connectivity index (χ0v) is 14.2. The highest BCUT2D eigenvalue weighted by atomic mass is 16.6. The Hall–Kier alpha value is -3.21. The van der Waals surface area contributed by atoms with Gasteiger partial charge in [0, 0.05) is 18.7 Å². The van der Waals surface area contributed by atoms with Crippen molar-refractivity contribution in [2.24, 2.45) is 0 Å². The van der Waals surface area contributed by atoms with E-state index in [0.29, 0.717) is 36.5 Å². The molecule has 130 valence electrons. The van der Waals surface area contributed by atoms with Gasteiger partial charge in [-0.05, 0) is 38.0 Å². The molecule has 0 atom stereocenters. The van der Waals surface area contributed by atoms with Crippen molar-refractivity contribution in [3.8, 4) is 6.07 Å². The van der Waals surface area contributed by atoms with Crippen LogP contribution in [0.15, 0.2) is 24.3 Å². The van der Waals surface area contributed by atoms with E-state index in [4.69, 9.17) is 5.26 Å². The Labute approximate surface area is 145 Å². The van der Waals surface area contributed by atoms with Gasteiger partial charge in [0.1, 0.15) is 11.4 Å². The zero-order chi connectivity index (χ0) is 18.4. The number of nitriles is 1. The number of nitro groups is 1. The summed E-state index contributed by atoms with van der Waals surface area (Å²) >= 11 is 0. The third-order valence-electron chi connectivity index (χ3n) is 3.82. The van der Waals surface area contributed by atoms with Crippen molar-refractivity contribution in [3.63, 3.8) is 0 Å². The Kier molecular flexibility index (Phi) is 5.84. The number of carbonyl (C=O) groups is 1. The molecule has 0 radical (unpaired) electrons. The van der Waals surface area contributed by atoms with Crippen LogP contribution in [-0.2, 0) is 17.8 Å². The van der Waals surface area contributed by atoms with E-state index in [1.54, 1.807) is 42.8 Å². The number of rotatable bonds is 7. The van der Waals surface area contributed by atoms with Crippen LogP contribution < -0.4 is 5.32 Å². The van der Waals surface area contributed by atoms with Crippen molar-refractivity contribution in [1.29, 1.82) is 5.26 Å². The van der Waals surface area contributed by atoms with E-state index >= 15 is 0 Å². The molecule has 8 nitrogen and oxygen atoms in total. The van der Waals surface area contributed by atoms with Gasteiger partial charge in [-0.3, -0.25) is 19.6 Å². The Morgan fingerprint density at radius 2 is 2.04 bits per heavy atom. The second-order valence-corrected chi connectivity index (χ2v) is 5.68. The Balaban J connectivity index is 1.86. The lowest BCUT2D eigenvalue weighted by Gasteiger charge is -2.06. The maximum Gasteiger partial charge on any atom is 0.312 e. The second-order valence-electron chi connectivity index (χ2n) is 5.68. The number of nitrogens with zero attached hydrogens (tertiary/aromatic N) is 4. The third kappa shape index (κ3) is 4.64. The van der Waals surface area contributed by atoms with Crippen LogP contribution in [0.5, 0.6) is 0 Å². The monoisotopic (exact) mass is 341 g/mol. The molecule has 1 amide bonds. The third-order valence-corrected chi connectivity index (χ3v) is 3.82. The number of anilines is 1. The first kappa shape index (κ1) is 18.1. The molecule has 8 heteroatoms. The molecular formula is C17H19N5O3. The van der Waals surface area contributed by atoms with Gasteiger partial charge in [-0.15, -0.1) is 0 Å². The van der Waals surface area contributed by atoms with Crippen LogP contribution in [0.3, 0.4) is 0 Å². The van der Waals surface area contributed by atoms with Gasteiger partial charge < -0.3 is 5.32 Å². The highest BCUT2D eigenvalue weighted by molar-refractivity contribution is 5.90. The van der Waals surface area contributed by atoms with Crippen LogP contribution in [0.2, 0.25) is 0 Å². The molecule has 0 aliphatic carbocycles. The molecule has 0 bridgehead atoms. The van der Waals surface area contributed by atoms with E-state index in [9.17, 15) is 14.9 Å². The van der Waals surface area contributed by atoms with Gasteiger partial charge in [0.05, 0.1) is 17.4 Å². The first-order valence-electron chi connectivity index (χ1n) is 7.86. The standard InChI is InChI=1S/C17H19N5O3/c1-12-17(22(24)25)13(2)21(20-12)11-3-4-16(23)19-15-7-5-14(6-8-15)9-10-18/h5-8H,3-4,9,11H2,1-2H3,(H,19,23). The molecule has 25 heavy (non-hydrogen) atoms. The summed E-state index contributed by atoms with van der Waals surface area (Å²) in [5.41, 5.74) is 2.47. The number of carbonyl (C=O) groups excluding carboxylic acids is 1. The van der Waals surface area contributed by atoms with Crippen LogP contribution in [0.25, 0.3) is 0 Å². The number of aryl methyl sites for hydroxylation is 2. The largest absolute Gasteiger partial charge is 0.326 e. The number of nitrogens with one attached hydrogen (secondary N) is 1. The van der Waals surface area contributed by atoms with Gasteiger partial charge >= 0.3 is 5.69 Å². The molecule has 0 aliphatic rings. The summed E-state index contributed by atoms with van der Waals surface area (Å²) in [7, 11) is 0. The zero-order valence-electron chi connectivity index (χ0n) is 14.2. The molecule has 1 aromatic heterocycles. The summed E-state index contributed by atoms with van der Waals surface area (Å²) in [6.07, 6.45) is 1.15. The molecule has 0 aliphatic heterocycles. The van der Waals surface area contributed by atoms with Crippen molar-refractivity contribution in [3.05, 3.63) is 51.3 Å². The minimum atomic E-state index is -0.434. The van der Waals surface area contributed by atoms with E-state index in [-0.39, 0.29) is 18.0 Å². The second kappa shape index (κ2) is 8.06. The van der Waals surface area contributed by atoms with E-state index in [0.717, 1.165) is 5.56 Å². The molecular weight excluding hydrogens is 322 g/mol. The van der Waals surface area contributed by atoms with Gasteiger partial charge in [0.2, 0.25) is 5.91 Å². The summed E-state index contributed by atoms with van der Waals surface area (Å²) in [4.78, 5) is 22.5. The Morgan fingerprint density at radius 1 is 1.36 bits per heavy atom. The number of amides is 1. The Morgan fingerprint density at radius 3 is 2.60 bits per heavy atom. The van der Waals surface area contributed by atoms with Crippen molar-refractivity contribution < 1.29 is 9.72 Å². The van der Waals surface area contributed by atoms with E-state index in [1.807, 2.05) is 0 Å². The highest BCUT2D eigenvalue weighted by Crippen LogP contribution is 2.22. The smallest absolute Gasteiger partial charge is 0.312 e. The van der Waals surface area contributed by atoms with Crippen molar-refractivity contribution in [2.75, 3.05) is 5.32 Å². The maximum absolute atomic E-state index is 12.0. The van der Waals surface area contributed by atoms with Gasteiger partial charge in [0.25, 0.3) is 0 Å². The van der Waals surface area contributed by atoms with E-state index in [2.05, 4.69) is 16.5 Å². The predicted octanol–water partition coefficient (Wildman–Crippen LogP) is 2.89. The fourth-order valence-electron chi connectivity index (χ4n) is 2.58. The molecule has 0 unspecified atom stereocenters. The quantitative estimate of drug-likeness (QED) is 0.614. The molecule has 0 saturated carbocycles. The molecule has 2 rings (SSSR count). The molecule has 0 fully saturated rings. The van der Waals surface area contributed by atoms with E-state index in [1.165, 1.54) is 0 Å². The summed E-state index contributed by atoms with van der Waals surface area (Å²) < 4.78 is 1.57. The summed E-state index contributed by atoms with van der Waals surface area (Å²) in [6, 6.07) is 9.18. The van der Waals surface area contributed by atoms with Crippen LogP contribution in [0.4, 0.5) is 11.4 Å². The molecule has 1 heterocycles. The highest BCUT2D eigenvalue weighted by Gasteiger charge is 2.21. The van der Waals surface area contributed by atoms with Gasteiger partial charge in [0.15, 0.2) is 0 Å². The molecule has 1 aromatic carbocycles. The lowest BCUT2D eigenvalue weighted by molar-refractivity contribution is -0.386. The number of aromatic nitrogens is 2. The SMILES string of the molecule is Cc1nn(CCCC(=O)Nc2ccc(CC#N)cc2)c(C)c1[N+](=O)[O-]. The van der Waals surface area contributed by atoms with Crippen molar-refractivity contribution >= 4 is 17.3 Å². The van der Waals surface area contributed by atoms with Crippen LogP contribution in [-0.4, -0.2) is 20.6 Å². The fraction of sp³-hybridized carbons (Fsp3) is 0.353. The van der Waals surface area contributed by atoms with Crippen LogP contribution in [0, 0.1) is 35.3 Å². The summed E-state index contributed by atoms with van der Waals surface area (Å²) in [6.45, 7) is 3.69. The topological polar surface area (TPSA) is 114 Å². The van der Waals surface area contributed by atoms with E-state index < -0.39 is 4.92 Å². The van der Waals surface area contributed by atoms with Gasteiger partial charge in [-0.2, -0.15) is 10.4 Å². The normalized spacial score (nSPS) is 10.3.